The van der Waals surface area contributed by atoms with E-state index in [0.29, 0.717) is 23.8 Å². The number of hydrogen-bond donors (Lipinski definition) is 1. The molecule has 3 aromatic rings. The van der Waals surface area contributed by atoms with Gasteiger partial charge in [-0.2, -0.15) is 5.26 Å². The van der Waals surface area contributed by atoms with Crippen LogP contribution in [-0.4, -0.2) is 34.6 Å². The molecule has 0 radical (unpaired) electrons. The van der Waals surface area contributed by atoms with Crippen LogP contribution in [0.15, 0.2) is 41.9 Å². The Kier molecular flexibility index (Phi) is 6.87. The first-order valence-electron chi connectivity index (χ1n) is 9.22. The van der Waals surface area contributed by atoms with Gasteiger partial charge in [0.2, 0.25) is 5.95 Å². The highest BCUT2D eigenvalue weighted by molar-refractivity contribution is 7.09. The van der Waals surface area contributed by atoms with E-state index in [-0.39, 0.29) is 5.97 Å². The fourth-order valence-electron chi connectivity index (χ4n) is 2.73. The van der Waals surface area contributed by atoms with Crippen molar-refractivity contribution in [1.29, 1.82) is 5.26 Å². The molecule has 2 heterocycles. The van der Waals surface area contributed by atoms with Gasteiger partial charge in [0.25, 0.3) is 0 Å². The predicted molar refractivity (Wildman–Crippen MR) is 111 cm³/mol. The van der Waals surface area contributed by atoms with E-state index in [1.807, 2.05) is 24.4 Å². The van der Waals surface area contributed by atoms with Crippen molar-refractivity contribution in [3.05, 3.63) is 69.4 Å². The number of rotatable bonds is 8. The van der Waals surface area contributed by atoms with E-state index >= 15 is 0 Å². The highest BCUT2D eigenvalue weighted by atomic mass is 32.1. The van der Waals surface area contributed by atoms with Gasteiger partial charge in [-0.25, -0.2) is 19.7 Å². The second-order valence-corrected chi connectivity index (χ2v) is 7.15. The smallest absolute Gasteiger partial charge is 0.337 e. The summed E-state index contributed by atoms with van der Waals surface area (Å²) >= 11 is 1.48. The summed E-state index contributed by atoms with van der Waals surface area (Å²) in [5.41, 5.74) is 3.21. The molecule has 0 fully saturated rings. The number of nitrogens with one attached hydrogen (secondary N) is 1. The Hall–Kier alpha value is -3.31. The Morgan fingerprint density at radius 3 is 2.72 bits per heavy atom. The van der Waals surface area contributed by atoms with Crippen LogP contribution in [0, 0.1) is 11.3 Å². The summed E-state index contributed by atoms with van der Waals surface area (Å²) in [6.45, 7) is 2.66. The fraction of sp³-hybridized carbons (Fsp3) is 0.286. The zero-order chi connectivity index (χ0) is 20.6. The number of thiazole rings is 1. The van der Waals surface area contributed by atoms with Crippen LogP contribution in [0.2, 0.25) is 0 Å². The predicted octanol–water partition coefficient (Wildman–Crippen LogP) is 3.59. The van der Waals surface area contributed by atoms with Gasteiger partial charge in [0.05, 0.1) is 30.1 Å². The van der Waals surface area contributed by atoms with E-state index in [9.17, 15) is 10.1 Å². The van der Waals surface area contributed by atoms with Crippen LogP contribution in [0.1, 0.15) is 45.2 Å². The molecule has 8 heteroatoms. The van der Waals surface area contributed by atoms with Gasteiger partial charge in [-0.05, 0) is 36.6 Å². The molecule has 29 heavy (non-hydrogen) atoms. The third-order valence-electron chi connectivity index (χ3n) is 4.35. The minimum Gasteiger partial charge on any atom is -0.465 e. The van der Waals surface area contributed by atoms with Crippen molar-refractivity contribution in [3.8, 4) is 6.07 Å². The molecule has 0 aliphatic carbocycles. The SMILES string of the molecule is CCc1csc(C(C#N)c2ccnc(NCCc3ccc(C(=O)OC)cc3)n2)n1. The zero-order valence-electron chi connectivity index (χ0n) is 16.3. The molecule has 0 spiro atoms. The molecule has 1 atom stereocenters. The van der Waals surface area contributed by atoms with Crippen LogP contribution in [0.4, 0.5) is 5.95 Å². The monoisotopic (exact) mass is 407 g/mol. The lowest BCUT2D eigenvalue weighted by molar-refractivity contribution is 0.0600. The summed E-state index contributed by atoms with van der Waals surface area (Å²) < 4.78 is 4.70. The number of methoxy groups -OCH3 is 1. The van der Waals surface area contributed by atoms with Gasteiger partial charge in [0.15, 0.2) is 0 Å². The topological polar surface area (TPSA) is 101 Å². The number of aryl methyl sites for hydroxylation is 1. The molecule has 0 amide bonds. The summed E-state index contributed by atoms with van der Waals surface area (Å²) in [5.74, 6) is -0.380. The maximum Gasteiger partial charge on any atom is 0.337 e. The molecule has 148 valence electrons. The van der Waals surface area contributed by atoms with Gasteiger partial charge in [-0.1, -0.05) is 19.1 Å². The summed E-state index contributed by atoms with van der Waals surface area (Å²) in [6.07, 6.45) is 3.23. The van der Waals surface area contributed by atoms with Crippen LogP contribution >= 0.6 is 11.3 Å². The molecular weight excluding hydrogens is 386 g/mol. The Morgan fingerprint density at radius 2 is 2.07 bits per heavy atom. The number of nitriles is 1. The number of hydrogen-bond acceptors (Lipinski definition) is 8. The normalized spacial score (nSPS) is 11.5. The lowest BCUT2D eigenvalue weighted by Crippen LogP contribution is -2.10. The number of carbonyl (C=O) groups is 1. The molecule has 2 aromatic heterocycles. The molecular formula is C21H21N5O2S. The van der Waals surface area contributed by atoms with Crippen molar-refractivity contribution >= 4 is 23.3 Å². The van der Waals surface area contributed by atoms with Crippen LogP contribution in [-0.2, 0) is 17.6 Å². The van der Waals surface area contributed by atoms with Crippen molar-refractivity contribution in [2.24, 2.45) is 0 Å². The Labute approximate surface area is 173 Å². The highest BCUT2D eigenvalue weighted by Crippen LogP contribution is 2.26. The van der Waals surface area contributed by atoms with Crippen molar-refractivity contribution in [1.82, 2.24) is 15.0 Å². The minimum atomic E-state index is -0.505. The molecule has 0 aliphatic rings. The maximum atomic E-state index is 11.5. The lowest BCUT2D eigenvalue weighted by atomic mass is 10.1. The van der Waals surface area contributed by atoms with Crippen molar-refractivity contribution in [3.63, 3.8) is 0 Å². The molecule has 1 N–H and O–H groups in total. The average molecular weight is 407 g/mol. The number of esters is 1. The van der Waals surface area contributed by atoms with Crippen molar-refractivity contribution < 1.29 is 9.53 Å². The van der Waals surface area contributed by atoms with E-state index in [1.165, 1.54) is 18.4 Å². The number of benzene rings is 1. The number of anilines is 1. The highest BCUT2D eigenvalue weighted by Gasteiger charge is 2.19. The Bertz CT molecular complexity index is 1010. The van der Waals surface area contributed by atoms with E-state index in [4.69, 9.17) is 4.74 Å². The number of carbonyl (C=O) groups excluding carboxylic acids is 1. The van der Waals surface area contributed by atoms with Crippen LogP contribution in [0.3, 0.4) is 0 Å². The standard InChI is InChI=1S/C21H21N5O2S/c1-3-16-13-29-19(25-16)17(12-22)18-9-11-24-21(26-18)23-10-8-14-4-6-15(7-5-14)20(27)28-2/h4-7,9,11,13,17H,3,8,10H2,1-2H3,(H,23,24,26). The zero-order valence-corrected chi connectivity index (χ0v) is 17.1. The Balaban J connectivity index is 1.62. The van der Waals surface area contributed by atoms with Gasteiger partial charge in [-0.3, -0.25) is 0 Å². The number of aromatic nitrogens is 3. The Morgan fingerprint density at radius 1 is 1.28 bits per heavy atom. The van der Waals surface area contributed by atoms with Gasteiger partial charge in [0, 0.05) is 18.1 Å². The minimum absolute atomic E-state index is 0.349. The summed E-state index contributed by atoms with van der Waals surface area (Å²) in [5, 5.41) is 15.5. The lowest BCUT2D eigenvalue weighted by Gasteiger charge is -2.09. The molecule has 7 nitrogen and oxygen atoms in total. The molecule has 3 rings (SSSR count). The first-order chi connectivity index (χ1) is 14.1. The molecule has 0 bridgehead atoms. The van der Waals surface area contributed by atoms with Crippen molar-refractivity contribution in [2.75, 3.05) is 19.0 Å². The fourth-order valence-corrected chi connectivity index (χ4v) is 3.68. The second-order valence-electron chi connectivity index (χ2n) is 6.26. The van der Waals surface area contributed by atoms with E-state index < -0.39 is 5.92 Å². The maximum absolute atomic E-state index is 11.5. The van der Waals surface area contributed by atoms with E-state index in [2.05, 4.69) is 26.3 Å². The third-order valence-corrected chi connectivity index (χ3v) is 5.31. The van der Waals surface area contributed by atoms with Gasteiger partial charge >= 0.3 is 5.97 Å². The van der Waals surface area contributed by atoms with Crippen LogP contribution < -0.4 is 5.32 Å². The largest absolute Gasteiger partial charge is 0.465 e. The number of nitrogens with zero attached hydrogens (tertiary/aromatic N) is 4. The molecule has 1 unspecified atom stereocenters. The van der Waals surface area contributed by atoms with Gasteiger partial charge < -0.3 is 10.1 Å². The van der Waals surface area contributed by atoms with Crippen LogP contribution in [0.25, 0.3) is 0 Å². The molecule has 0 saturated heterocycles. The molecule has 1 aromatic carbocycles. The quantitative estimate of drug-likeness (QED) is 0.569. The second kappa shape index (κ2) is 9.75. The van der Waals surface area contributed by atoms with E-state index in [1.54, 1.807) is 24.4 Å². The average Bonchev–Trinajstić information content (AvgIpc) is 3.23. The first-order valence-corrected chi connectivity index (χ1v) is 10.1. The summed E-state index contributed by atoms with van der Waals surface area (Å²) in [6, 6.07) is 11.3. The van der Waals surface area contributed by atoms with E-state index in [0.717, 1.165) is 29.1 Å². The molecule has 0 saturated carbocycles. The van der Waals surface area contributed by atoms with Gasteiger partial charge in [0.1, 0.15) is 10.9 Å². The summed E-state index contributed by atoms with van der Waals surface area (Å²) in [7, 11) is 1.36. The van der Waals surface area contributed by atoms with Crippen molar-refractivity contribution in [2.45, 2.75) is 25.7 Å². The van der Waals surface area contributed by atoms with Gasteiger partial charge in [-0.15, -0.1) is 11.3 Å². The third kappa shape index (κ3) is 5.15. The number of ether oxygens (including phenoxy) is 1. The first kappa shape index (κ1) is 20.4. The molecule has 0 aliphatic heterocycles. The summed E-state index contributed by atoms with van der Waals surface area (Å²) in [4.78, 5) is 24.7. The van der Waals surface area contributed by atoms with Crippen LogP contribution in [0.5, 0.6) is 0 Å².